The van der Waals surface area contributed by atoms with Crippen molar-refractivity contribution in [3.8, 4) is 0 Å². The Kier molecular flexibility index (Phi) is 23.2. The smallest absolute Gasteiger partial charge is 0.329 e. The minimum absolute atomic E-state index is 0.0428. The quantitative estimate of drug-likeness (QED) is 0.0572. The summed E-state index contributed by atoms with van der Waals surface area (Å²) in [6.45, 7) is 13.1. The second kappa shape index (κ2) is 27.6. The fraction of sp³-hybridized carbons (Fsp3) is 0.511. The van der Waals surface area contributed by atoms with E-state index in [4.69, 9.17) is 10.5 Å². The summed E-state index contributed by atoms with van der Waals surface area (Å²) >= 11 is 0. The maximum Gasteiger partial charge on any atom is 0.329 e. The van der Waals surface area contributed by atoms with Gasteiger partial charge in [0.2, 0.25) is 41.4 Å². The maximum atomic E-state index is 14.0. The number of hydrogen-bond acceptors (Lipinski definition) is 11. The minimum Gasteiger partial charge on any atom is -0.481 e. The fourth-order valence-corrected chi connectivity index (χ4v) is 6.23. The Morgan fingerprint density at radius 3 is 1.98 bits per heavy atom. The molecule has 7 amide bonds. The van der Waals surface area contributed by atoms with Gasteiger partial charge >= 0.3 is 11.9 Å². The van der Waals surface area contributed by atoms with Crippen molar-refractivity contribution in [3.05, 3.63) is 71.8 Å². The third kappa shape index (κ3) is 18.5. The Morgan fingerprint density at radius 1 is 0.788 bits per heavy atom. The molecule has 362 valence electrons. The number of aliphatic carboxylic acids is 1. The zero-order chi connectivity index (χ0) is 49.7. The molecule has 1 saturated heterocycles. The molecule has 1 aromatic rings. The summed E-state index contributed by atoms with van der Waals surface area (Å²) in [6, 6.07) is -2.80. The molecule has 1 aliphatic heterocycles. The number of carboxylic acids is 1. The lowest BCUT2D eigenvalue weighted by Crippen LogP contribution is -2.63. The number of ether oxygens (including phenoxy) is 1. The van der Waals surface area contributed by atoms with Gasteiger partial charge in [-0.1, -0.05) is 102 Å². The highest BCUT2D eigenvalue weighted by atomic mass is 16.5. The molecule has 0 bridgehead atoms. The molecule has 8 atom stereocenters. The molecule has 1 aromatic carbocycles. The summed E-state index contributed by atoms with van der Waals surface area (Å²) < 4.78 is 5.40. The van der Waals surface area contributed by atoms with E-state index in [2.05, 4.69) is 37.2 Å². The standard InChI is InChI=1S/C47H68N8O11/c1-10-11-12-13-14-15-18-31-19-16-17-20-32(31)21-22-36(56)50-30(9)40(57)53-35-25-66-47(65)39(29(8)46(63)64)55-42(59)34(24-49-44(61)37(48)27(4)5)52-45(62)38(28(6)7)54-41(58)33(23-26(2)3)51-43(35)60/h10-13,15-22,26-30,33-35,37-39H,14,23-25,48H2,1-9H3,(H,49,61)(H,50,56)(H,51,60)(H,52,62)(H,53,57)(H,54,58)(H,55,59)(H,63,64)/b11-10+,13-12+,18-15-,22-21+/t29-,30?,33+,34-,35+,37?,38-,39-/m0/s1. The number of carboxylic acid groups (broad SMARTS) is 1. The van der Waals surface area contributed by atoms with Crippen molar-refractivity contribution in [2.45, 2.75) is 117 Å². The predicted octanol–water partition coefficient (Wildman–Crippen LogP) is 1.24. The van der Waals surface area contributed by atoms with Crippen LogP contribution in [0.2, 0.25) is 0 Å². The molecule has 0 spiro atoms. The van der Waals surface area contributed by atoms with Gasteiger partial charge in [0.05, 0.1) is 12.0 Å². The second-order valence-corrected chi connectivity index (χ2v) is 17.1. The van der Waals surface area contributed by atoms with Crippen molar-refractivity contribution in [2.75, 3.05) is 13.2 Å². The van der Waals surface area contributed by atoms with E-state index in [9.17, 15) is 48.3 Å². The van der Waals surface area contributed by atoms with Crippen LogP contribution in [0.4, 0.5) is 0 Å². The second-order valence-electron chi connectivity index (χ2n) is 17.1. The lowest BCUT2D eigenvalue weighted by atomic mass is 9.99. The Balaban J connectivity index is 2.50. The first kappa shape index (κ1) is 55.5. The monoisotopic (exact) mass is 921 g/mol. The minimum atomic E-state index is -1.92. The molecule has 1 heterocycles. The molecule has 19 nitrogen and oxygen atoms in total. The predicted molar refractivity (Wildman–Crippen MR) is 248 cm³/mol. The maximum absolute atomic E-state index is 14.0. The van der Waals surface area contributed by atoms with Crippen LogP contribution < -0.4 is 43.0 Å². The first-order chi connectivity index (χ1) is 31.1. The molecule has 0 aliphatic carbocycles. The summed E-state index contributed by atoms with van der Waals surface area (Å²) in [6.07, 6.45) is 15.2. The van der Waals surface area contributed by atoms with Gasteiger partial charge in [0.15, 0.2) is 0 Å². The van der Waals surface area contributed by atoms with E-state index in [0.717, 1.165) is 18.1 Å². The van der Waals surface area contributed by atoms with Gasteiger partial charge in [0.25, 0.3) is 0 Å². The number of nitrogens with two attached hydrogens (primary N) is 1. The summed E-state index contributed by atoms with van der Waals surface area (Å²) in [4.78, 5) is 121. The number of cyclic esters (lactones) is 1. The van der Waals surface area contributed by atoms with Crippen LogP contribution in [0.15, 0.2) is 60.7 Å². The Hall–Kier alpha value is -6.63. The highest BCUT2D eigenvalue weighted by molar-refractivity contribution is 5.99. The van der Waals surface area contributed by atoms with E-state index in [0.29, 0.717) is 6.42 Å². The van der Waals surface area contributed by atoms with E-state index in [1.54, 1.807) is 53.7 Å². The number of nitrogens with one attached hydrogen (secondary N) is 7. The molecule has 1 aliphatic rings. The lowest BCUT2D eigenvalue weighted by molar-refractivity contribution is -0.157. The van der Waals surface area contributed by atoms with E-state index >= 15 is 0 Å². The SMILES string of the molecule is C/C=C/C=C/C/C=C\c1ccccc1/C=C/C(=O)NC(C)C(=O)N[C@@H]1COC(=O)[C@H]([C@H](C)C(=O)O)NC(=O)[C@H](CNC(=O)C(N)C(C)C)NC(=O)[C@H](C(C)C)NC(=O)[C@@H](CC(C)C)NC1=O. The third-order valence-corrected chi connectivity index (χ3v) is 10.4. The van der Waals surface area contributed by atoms with Crippen LogP contribution in [0.1, 0.15) is 86.3 Å². The molecular weight excluding hydrogens is 853 g/mol. The number of benzene rings is 1. The van der Waals surface area contributed by atoms with Crippen LogP contribution in [-0.4, -0.2) is 114 Å². The average molecular weight is 921 g/mol. The van der Waals surface area contributed by atoms with Crippen molar-refractivity contribution in [2.24, 2.45) is 29.4 Å². The highest BCUT2D eigenvalue weighted by Gasteiger charge is 2.39. The Labute approximate surface area is 386 Å². The lowest BCUT2D eigenvalue weighted by Gasteiger charge is -2.30. The molecule has 0 aromatic heterocycles. The normalized spacial score (nSPS) is 21.9. The van der Waals surface area contributed by atoms with E-state index in [1.165, 1.54) is 13.0 Å². The molecule has 2 unspecified atom stereocenters. The highest BCUT2D eigenvalue weighted by Crippen LogP contribution is 2.14. The van der Waals surface area contributed by atoms with E-state index < -0.39 is 121 Å². The van der Waals surface area contributed by atoms with Gasteiger partial charge in [0, 0.05) is 12.6 Å². The van der Waals surface area contributed by atoms with Crippen LogP contribution in [0.25, 0.3) is 12.2 Å². The molecule has 66 heavy (non-hydrogen) atoms. The molecule has 19 heteroatoms. The van der Waals surface area contributed by atoms with Gasteiger partial charge in [-0.25, -0.2) is 4.79 Å². The van der Waals surface area contributed by atoms with Crippen molar-refractivity contribution in [1.29, 1.82) is 0 Å². The van der Waals surface area contributed by atoms with Gasteiger partial charge in [-0.3, -0.25) is 38.4 Å². The van der Waals surface area contributed by atoms with Crippen LogP contribution in [-0.2, 0) is 47.9 Å². The number of esters is 1. The Morgan fingerprint density at radius 2 is 1.39 bits per heavy atom. The average Bonchev–Trinajstić information content (AvgIpc) is 3.26. The summed E-state index contributed by atoms with van der Waals surface area (Å²) in [5.41, 5.74) is 7.54. The van der Waals surface area contributed by atoms with Crippen LogP contribution in [0.5, 0.6) is 0 Å². The fourth-order valence-electron chi connectivity index (χ4n) is 6.23. The van der Waals surface area contributed by atoms with Gasteiger partial charge in [-0.15, -0.1) is 0 Å². The van der Waals surface area contributed by atoms with Crippen molar-refractivity contribution < 1.29 is 53.0 Å². The van der Waals surface area contributed by atoms with Gasteiger partial charge in [0.1, 0.15) is 42.9 Å². The zero-order valence-corrected chi connectivity index (χ0v) is 39.2. The molecule has 2 rings (SSSR count). The first-order valence-electron chi connectivity index (χ1n) is 22.0. The molecule has 10 N–H and O–H groups in total. The van der Waals surface area contributed by atoms with Gasteiger partial charge in [-0.2, -0.15) is 0 Å². The molecule has 0 radical (unpaired) electrons. The van der Waals surface area contributed by atoms with Crippen molar-refractivity contribution >= 4 is 65.4 Å². The van der Waals surface area contributed by atoms with Crippen LogP contribution in [0, 0.1) is 23.7 Å². The number of allylic oxidation sites excluding steroid dienone is 5. The largest absolute Gasteiger partial charge is 0.481 e. The summed E-state index contributed by atoms with van der Waals surface area (Å²) in [5.74, 6) is -11.6. The van der Waals surface area contributed by atoms with Crippen molar-refractivity contribution in [3.63, 3.8) is 0 Å². The Bertz CT molecular complexity index is 2010. The van der Waals surface area contributed by atoms with Crippen molar-refractivity contribution in [1.82, 2.24) is 37.2 Å². The van der Waals surface area contributed by atoms with Gasteiger partial charge < -0.3 is 52.8 Å². The van der Waals surface area contributed by atoms with Crippen LogP contribution in [0.3, 0.4) is 0 Å². The van der Waals surface area contributed by atoms with E-state index in [-0.39, 0.29) is 18.3 Å². The molecule has 1 fully saturated rings. The summed E-state index contributed by atoms with van der Waals surface area (Å²) in [5, 5.41) is 27.3. The van der Waals surface area contributed by atoms with Gasteiger partial charge in [-0.05, 0) is 68.6 Å². The summed E-state index contributed by atoms with van der Waals surface area (Å²) in [7, 11) is 0. The topological polar surface area (TPSA) is 293 Å². The zero-order valence-electron chi connectivity index (χ0n) is 39.2. The number of carbonyl (C=O) groups is 9. The number of carbonyl (C=O) groups excluding carboxylic acids is 8. The third-order valence-electron chi connectivity index (χ3n) is 10.4. The first-order valence-corrected chi connectivity index (χ1v) is 22.0. The molecular formula is C47H68N8O11. The number of amides is 7. The molecule has 0 saturated carbocycles. The number of rotatable bonds is 18. The van der Waals surface area contributed by atoms with Crippen LogP contribution >= 0.6 is 0 Å². The van der Waals surface area contributed by atoms with E-state index in [1.807, 2.05) is 61.6 Å². The number of hydrogen-bond donors (Lipinski definition) is 9.